The molecule has 0 atom stereocenters. The maximum Gasteiger partial charge on any atom is 0.256 e. The Morgan fingerprint density at radius 1 is 1.07 bits per heavy atom. The highest BCUT2D eigenvalue weighted by Gasteiger charge is 2.13. The zero-order valence-electron chi connectivity index (χ0n) is 16.0. The lowest BCUT2D eigenvalue weighted by molar-refractivity contribution is 0.102. The van der Waals surface area contributed by atoms with E-state index in [0.29, 0.717) is 27.9 Å². The lowest BCUT2D eigenvalue weighted by Gasteiger charge is -2.13. The molecule has 5 nitrogen and oxygen atoms in total. The van der Waals surface area contributed by atoms with Gasteiger partial charge in [-0.1, -0.05) is 23.7 Å². The van der Waals surface area contributed by atoms with E-state index in [1.54, 1.807) is 31.4 Å². The molecule has 0 bridgehead atoms. The molecule has 0 saturated carbocycles. The van der Waals surface area contributed by atoms with E-state index in [-0.39, 0.29) is 12.5 Å². The maximum atomic E-state index is 12.8. The minimum Gasteiger partial charge on any atom is -0.496 e. The van der Waals surface area contributed by atoms with E-state index in [4.69, 9.17) is 21.1 Å². The molecule has 0 spiro atoms. The van der Waals surface area contributed by atoms with Gasteiger partial charge in [-0.05, 0) is 70.5 Å². The molecule has 0 radical (unpaired) electrons. The van der Waals surface area contributed by atoms with Gasteiger partial charge in [0.05, 0.1) is 11.6 Å². The van der Waals surface area contributed by atoms with Gasteiger partial charge in [0.1, 0.15) is 23.9 Å². The number of rotatable bonds is 6. The molecule has 0 unspecified atom stereocenters. The second-order valence-corrected chi connectivity index (χ2v) is 7.91. The number of nitrogens with one attached hydrogen (secondary N) is 2. The molecule has 2 N–H and O–H groups in total. The van der Waals surface area contributed by atoms with Crippen molar-refractivity contribution in [3.05, 3.63) is 87.4 Å². The van der Waals surface area contributed by atoms with Crippen LogP contribution in [0.2, 0.25) is 5.02 Å². The number of halogens is 2. The summed E-state index contributed by atoms with van der Waals surface area (Å²) in [6.45, 7) is 0.262. The van der Waals surface area contributed by atoms with Crippen molar-refractivity contribution in [3.8, 4) is 11.5 Å². The van der Waals surface area contributed by atoms with E-state index in [1.165, 1.54) is 0 Å². The number of carbonyl (C=O) groups is 1. The number of fused-ring (bicyclic) bond motifs is 1. The molecule has 30 heavy (non-hydrogen) atoms. The molecule has 0 aliphatic rings. The van der Waals surface area contributed by atoms with Crippen molar-refractivity contribution in [2.24, 2.45) is 0 Å². The minimum absolute atomic E-state index is 0.238. The van der Waals surface area contributed by atoms with Crippen LogP contribution in [0.4, 0.5) is 5.82 Å². The Morgan fingerprint density at radius 2 is 1.90 bits per heavy atom. The molecular formula is C23H18BrClN2O3. The first-order valence-electron chi connectivity index (χ1n) is 9.17. The summed E-state index contributed by atoms with van der Waals surface area (Å²) in [5.41, 5.74) is 2.16. The molecule has 1 aromatic heterocycles. The average Bonchev–Trinajstić information content (AvgIpc) is 3.14. The highest BCUT2D eigenvalue weighted by Crippen LogP contribution is 2.28. The first-order valence-corrected chi connectivity index (χ1v) is 10.3. The molecule has 7 heteroatoms. The monoisotopic (exact) mass is 484 g/mol. The molecule has 0 aliphatic carbocycles. The fraction of sp³-hybridized carbons (Fsp3) is 0.0870. The van der Waals surface area contributed by atoms with Gasteiger partial charge in [0, 0.05) is 27.1 Å². The summed E-state index contributed by atoms with van der Waals surface area (Å²) in [7, 11) is 1.59. The zero-order chi connectivity index (χ0) is 21.1. The van der Waals surface area contributed by atoms with Crippen LogP contribution >= 0.6 is 27.5 Å². The Morgan fingerprint density at radius 3 is 2.70 bits per heavy atom. The van der Waals surface area contributed by atoms with E-state index < -0.39 is 0 Å². The third-order valence-corrected chi connectivity index (χ3v) is 5.48. The molecule has 4 rings (SSSR count). The second-order valence-electron chi connectivity index (χ2n) is 6.61. The highest BCUT2D eigenvalue weighted by molar-refractivity contribution is 9.10. The van der Waals surface area contributed by atoms with E-state index in [1.807, 2.05) is 42.5 Å². The van der Waals surface area contributed by atoms with Gasteiger partial charge in [-0.2, -0.15) is 0 Å². The molecule has 1 amide bonds. The molecule has 0 saturated heterocycles. The van der Waals surface area contributed by atoms with Crippen LogP contribution in [0.3, 0.4) is 0 Å². The fourth-order valence-corrected chi connectivity index (χ4v) is 3.70. The standard InChI is InChI=1S/C23H18BrClN2O3/c1-29-20-9-6-14(10-16(20)13-30-21-5-3-2-4-18(21)24)23(28)27-22-12-15-11-17(25)7-8-19(15)26-22/h2-12,26H,13H2,1H3,(H,27,28). The zero-order valence-corrected chi connectivity index (χ0v) is 18.4. The number of H-pyrrole nitrogens is 1. The van der Waals surface area contributed by atoms with Gasteiger partial charge in [0.15, 0.2) is 0 Å². The van der Waals surface area contributed by atoms with Gasteiger partial charge in [0.25, 0.3) is 5.91 Å². The summed E-state index contributed by atoms with van der Waals surface area (Å²) in [5, 5.41) is 4.46. The van der Waals surface area contributed by atoms with Crippen LogP contribution < -0.4 is 14.8 Å². The molecule has 3 aromatic carbocycles. The summed E-state index contributed by atoms with van der Waals surface area (Å²) in [6, 6.07) is 20.2. The van der Waals surface area contributed by atoms with E-state index in [2.05, 4.69) is 26.2 Å². The summed E-state index contributed by atoms with van der Waals surface area (Å²) < 4.78 is 12.2. The normalized spacial score (nSPS) is 10.8. The van der Waals surface area contributed by atoms with Gasteiger partial charge < -0.3 is 19.8 Å². The van der Waals surface area contributed by atoms with Crippen molar-refractivity contribution in [2.75, 3.05) is 12.4 Å². The van der Waals surface area contributed by atoms with Crippen molar-refractivity contribution in [1.82, 2.24) is 4.98 Å². The topological polar surface area (TPSA) is 63.3 Å². The summed E-state index contributed by atoms with van der Waals surface area (Å²) >= 11 is 9.50. The summed E-state index contributed by atoms with van der Waals surface area (Å²) in [6.07, 6.45) is 0. The number of hydrogen-bond acceptors (Lipinski definition) is 3. The van der Waals surface area contributed by atoms with Gasteiger partial charge in [-0.3, -0.25) is 4.79 Å². The third kappa shape index (κ3) is 4.45. The van der Waals surface area contributed by atoms with Gasteiger partial charge in [-0.15, -0.1) is 0 Å². The van der Waals surface area contributed by atoms with Crippen LogP contribution in [0.1, 0.15) is 15.9 Å². The molecule has 4 aromatic rings. The van der Waals surface area contributed by atoms with Crippen LogP contribution in [0, 0.1) is 0 Å². The lowest BCUT2D eigenvalue weighted by Crippen LogP contribution is -2.13. The first kappa shape index (κ1) is 20.3. The van der Waals surface area contributed by atoms with Crippen molar-refractivity contribution in [1.29, 1.82) is 0 Å². The number of benzene rings is 3. The highest BCUT2D eigenvalue weighted by atomic mass is 79.9. The molecule has 0 aliphatic heterocycles. The van der Waals surface area contributed by atoms with Gasteiger partial charge >= 0.3 is 0 Å². The third-order valence-electron chi connectivity index (χ3n) is 4.59. The average molecular weight is 486 g/mol. The van der Waals surface area contributed by atoms with Crippen LogP contribution in [0.15, 0.2) is 71.2 Å². The smallest absolute Gasteiger partial charge is 0.256 e. The molecule has 1 heterocycles. The largest absolute Gasteiger partial charge is 0.496 e. The Kier molecular flexibility index (Phi) is 5.97. The van der Waals surface area contributed by atoms with Crippen LogP contribution in [-0.2, 0) is 6.61 Å². The Hall–Kier alpha value is -2.96. The molecular weight excluding hydrogens is 468 g/mol. The Bertz CT molecular complexity index is 1220. The van der Waals surface area contributed by atoms with Gasteiger partial charge in [0.2, 0.25) is 0 Å². The predicted octanol–water partition coefficient (Wildman–Crippen LogP) is 6.42. The minimum atomic E-state index is -0.238. The number of hydrogen-bond donors (Lipinski definition) is 2. The molecule has 152 valence electrons. The predicted molar refractivity (Wildman–Crippen MR) is 123 cm³/mol. The quantitative estimate of drug-likeness (QED) is 0.331. The lowest BCUT2D eigenvalue weighted by atomic mass is 10.1. The SMILES string of the molecule is COc1ccc(C(=O)Nc2cc3cc(Cl)ccc3[nH]2)cc1COc1ccccc1Br. The van der Waals surface area contributed by atoms with Crippen LogP contribution in [0.25, 0.3) is 10.9 Å². The number of methoxy groups -OCH3 is 1. The summed E-state index contributed by atoms with van der Waals surface area (Å²) in [5.74, 6) is 1.72. The Labute approximate surface area is 187 Å². The van der Waals surface area contributed by atoms with Gasteiger partial charge in [-0.25, -0.2) is 0 Å². The van der Waals surface area contributed by atoms with Crippen molar-refractivity contribution < 1.29 is 14.3 Å². The molecule has 0 fully saturated rings. The number of ether oxygens (including phenoxy) is 2. The number of carbonyl (C=O) groups excluding carboxylic acids is 1. The number of aromatic amines is 1. The summed E-state index contributed by atoms with van der Waals surface area (Å²) in [4.78, 5) is 16.0. The van der Waals surface area contributed by atoms with E-state index >= 15 is 0 Å². The number of aromatic nitrogens is 1. The number of anilines is 1. The van der Waals surface area contributed by atoms with E-state index in [0.717, 1.165) is 20.9 Å². The maximum absolute atomic E-state index is 12.8. The van der Waals surface area contributed by atoms with Crippen LogP contribution in [-0.4, -0.2) is 18.0 Å². The Balaban J connectivity index is 1.53. The first-order chi connectivity index (χ1) is 14.5. The van der Waals surface area contributed by atoms with Crippen molar-refractivity contribution >= 4 is 50.2 Å². The fourth-order valence-electron chi connectivity index (χ4n) is 3.12. The number of amides is 1. The number of para-hydroxylation sites is 1. The van der Waals surface area contributed by atoms with Crippen LogP contribution in [0.5, 0.6) is 11.5 Å². The van der Waals surface area contributed by atoms with Crippen molar-refractivity contribution in [2.45, 2.75) is 6.61 Å². The van der Waals surface area contributed by atoms with Crippen molar-refractivity contribution in [3.63, 3.8) is 0 Å². The second kappa shape index (κ2) is 8.81. The van der Waals surface area contributed by atoms with E-state index in [9.17, 15) is 4.79 Å².